The lowest BCUT2D eigenvalue weighted by Crippen LogP contribution is -1.82. The minimum Gasteiger partial charge on any atom is -0.228 e. The Morgan fingerprint density at radius 1 is 1.67 bits per heavy atom. The van der Waals surface area contributed by atoms with Crippen molar-refractivity contribution in [3.8, 4) is 0 Å². The van der Waals surface area contributed by atoms with E-state index in [0.29, 0.717) is 0 Å². The maximum absolute atomic E-state index is 12.2. The Balaban J connectivity index is 2.94. The summed E-state index contributed by atoms with van der Waals surface area (Å²) >= 11 is 2.18. The molecule has 0 spiro atoms. The van der Waals surface area contributed by atoms with Gasteiger partial charge in [0.05, 0.1) is 0 Å². The highest BCUT2D eigenvalue weighted by atomic mass is 127. The molecule has 1 nitrogen and oxygen atoms in total. The summed E-state index contributed by atoms with van der Waals surface area (Å²) in [7, 11) is 0. The zero-order valence-electron chi connectivity index (χ0n) is 4.64. The summed E-state index contributed by atoms with van der Waals surface area (Å²) in [5.74, 6) is -0.399. The third kappa shape index (κ3) is 1.89. The summed E-state index contributed by atoms with van der Waals surface area (Å²) in [4.78, 5) is 3.42. The topological polar surface area (TPSA) is 12.9 Å². The van der Waals surface area contributed by atoms with Crippen LogP contribution < -0.4 is 0 Å². The van der Waals surface area contributed by atoms with Gasteiger partial charge in [-0.25, -0.2) is 4.98 Å². The van der Waals surface area contributed by atoms with Crippen molar-refractivity contribution >= 4 is 22.6 Å². The second-order valence-electron chi connectivity index (χ2n) is 1.62. The number of nitrogens with zero attached hydrogens (tertiary/aromatic N) is 1. The van der Waals surface area contributed by atoms with Crippen LogP contribution in [0.4, 0.5) is 4.39 Å². The highest BCUT2D eigenvalue weighted by molar-refractivity contribution is 14.1. The van der Waals surface area contributed by atoms with E-state index in [1.807, 2.05) is 0 Å². The van der Waals surface area contributed by atoms with E-state index in [1.165, 1.54) is 12.3 Å². The lowest BCUT2D eigenvalue weighted by molar-refractivity contribution is 0.582. The maximum Gasteiger partial charge on any atom is 0.213 e. The van der Waals surface area contributed by atoms with Crippen LogP contribution >= 0.6 is 22.6 Å². The minimum atomic E-state index is -0.399. The van der Waals surface area contributed by atoms with Gasteiger partial charge in [0.2, 0.25) is 5.95 Å². The molecule has 1 aromatic heterocycles. The van der Waals surface area contributed by atoms with Gasteiger partial charge in [-0.1, -0.05) is 22.6 Å². The minimum absolute atomic E-state index is 0.399. The van der Waals surface area contributed by atoms with E-state index in [-0.39, 0.29) is 0 Å². The third-order valence-corrected chi connectivity index (χ3v) is 1.83. The molecule has 0 fully saturated rings. The van der Waals surface area contributed by atoms with E-state index in [4.69, 9.17) is 0 Å². The number of hydrogen-bond donors (Lipinski definition) is 0. The van der Waals surface area contributed by atoms with E-state index in [0.717, 1.165) is 9.99 Å². The van der Waals surface area contributed by atoms with Crippen LogP contribution in [0.1, 0.15) is 5.56 Å². The molecule has 0 aliphatic heterocycles. The molecule has 0 amide bonds. The number of pyridine rings is 1. The molecule has 48 valence electrons. The van der Waals surface area contributed by atoms with Crippen molar-refractivity contribution in [1.29, 1.82) is 0 Å². The van der Waals surface area contributed by atoms with E-state index >= 15 is 0 Å². The number of rotatable bonds is 1. The third-order valence-electron chi connectivity index (χ3n) is 0.945. The van der Waals surface area contributed by atoms with Gasteiger partial charge < -0.3 is 0 Å². The molecule has 9 heavy (non-hydrogen) atoms. The van der Waals surface area contributed by atoms with Gasteiger partial charge in [0.25, 0.3) is 0 Å². The lowest BCUT2D eigenvalue weighted by Gasteiger charge is -1.91. The van der Waals surface area contributed by atoms with Crippen LogP contribution in [0, 0.1) is 5.95 Å². The van der Waals surface area contributed by atoms with Gasteiger partial charge in [-0.3, -0.25) is 0 Å². The van der Waals surface area contributed by atoms with E-state index in [2.05, 4.69) is 27.6 Å². The van der Waals surface area contributed by atoms with E-state index in [9.17, 15) is 4.39 Å². The Bertz CT molecular complexity index is 202. The first kappa shape index (κ1) is 6.92. The Labute approximate surface area is 66.4 Å². The number of halogens is 2. The highest BCUT2D eigenvalue weighted by Crippen LogP contribution is 2.04. The molecular formula is C6H5FIN. The normalized spacial score (nSPS) is 9.56. The van der Waals surface area contributed by atoms with Crippen molar-refractivity contribution in [3.05, 3.63) is 29.8 Å². The zero-order chi connectivity index (χ0) is 6.69. The van der Waals surface area contributed by atoms with E-state index in [1.54, 1.807) is 6.07 Å². The maximum atomic E-state index is 12.2. The second kappa shape index (κ2) is 3.10. The summed E-state index contributed by atoms with van der Waals surface area (Å²) in [6, 6.07) is 3.24. The second-order valence-corrected chi connectivity index (χ2v) is 2.38. The molecule has 0 bridgehead atoms. The van der Waals surface area contributed by atoms with Crippen LogP contribution in [-0.2, 0) is 4.43 Å². The molecule has 0 aliphatic rings. The Hall–Kier alpha value is -0.190. The molecule has 1 aromatic rings. The van der Waals surface area contributed by atoms with Crippen molar-refractivity contribution in [2.24, 2.45) is 0 Å². The molecular weight excluding hydrogens is 232 g/mol. The van der Waals surface area contributed by atoms with Crippen molar-refractivity contribution in [1.82, 2.24) is 4.98 Å². The van der Waals surface area contributed by atoms with Crippen LogP contribution in [0.2, 0.25) is 0 Å². The van der Waals surface area contributed by atoms with Crippen molar-refractivity contribution in [2.45, 2.75) is 4.43 Å². The van der Waals surface area contributed by atoms with Crippen LogP contribution in [0.15, 0.2) is 18.3 Å². The predicted molar refractivity (Wildman–Crippen MR) is 41.9 cm³/mol. The molecule has 0 unspecified atom stereocenters. The summed E-state index contributed by atoms with van der Waals surface area (Å²) in [6.45, 7) is 0. The first-order chi connectivity index (χ1) is 4.33. The molecule has 0 saturated heterocycles. The van der Waals surface area contributed by atoms with Gasteiger partial charge in [0.1, 0.15) is 0 Å². The highest BCUT2D eigenvalue weighted by Gasteiger charge is 1.91. The van der Waals surface area contributed by atoms with Crippen LogP contribution in [0.5, 0.6) is 0 Å². The molecule has 0 saturated carbocycles. The van der Waals surface area contributed by atoms with E-state index < -0.39 is 5.95 Å². The van der Waals surface area contributed by atoms with Crippen LogP contribution in [0.3, 0.4) is 0 Å². The molecule has 0 aliphatic carbocycles. The van der Waals surface area contributed by atoms with Gasteiger partial charge in [0, 0.05) is 10.6 Å². The fraction of sp³-hybridized carbons (Fsp3) is 0.167. The largest absolute Gasteiger partial charge is 0.228 e. The van der Waals surface area contributed by atoms with Crippen molar-refractivity contribution in [2.75, 3.05) is 0 Å². The summed E-state index contributed by atoms with van der Waals surface area (Å²) in [6.07, 6.45) is 1.48. The van der Waals surface area contributed by atoms with Gasteiger partial charge in [-0.15, -0.1) is 0 Å². The van der Waals surface area contributed by atoms with Gasteiger partial charge >= 0.3 is 0 Å². The van der Waals surface area contributed by atoms with Crippen molar-refractivity contribution in [3.63, 3.8) is 0 Å². The average Bonchev–Trinajstić information content (AvgIpc) is 1.88. The fourth-order valence-electron chi connectivity index (χ4n) is 0.526. The number of alkyl halides is 1. The number of aromatic nitrogens is 1. The molecule has 0 radical (unpaired) electrons. The average molecular weight is 237 g/mol. The predicted octanol–water partition coefficient (Wildman–Crippen LogP) is 2.16. The SMILES string of the molecule is Fc1cc(CI)ccn1. The lowest BCUT2D eigenvalue weighted by atomic mass is 10.3. The van der Waals surface area contributed by atoms with Gasteiger partial charge in [-0.2, -0.15) is 4.39 Å². The monoisotopic (exact) mass is 237 g/mol. The first-order valence-electron chi connectivity index (χ1n) is 2.49. The molecule has 0 aromatic carbocycles. The molecule has 3 heteroatoms. The first-order valence-corrected chi connectivity index (χ1v) is 4.02. The molecule has 0 N–H and O–H groups in total. The fourth-order valence-corrected chi connectivity index (χ4v) is 1.00. The Morgan fingerprint density at radius 2 is 2.44 bits per heavy atom. The summed E-state index contributed by atoms with van der Waals surface area (Å²) in [5, 5.41) is 0. The quantitative estimate of drug-likeness (QED) is 0.414. The van der Waals surface area contributed by atoms with Crippen molar-refractivity contribution < 1.29 is 4.39 Å². The standard InChI is InChI=1S/C6H5FIN/c7-6-3-5(4-8)1-2-9-6/h1-3H,4H2. The van der Waals surface area contributed by atoms with Crippen LogP contribution in [0.25, 0.3) is 0 Å². The summed E-state index contributed by atoms with van der Waals surface area (Å²) in [5.41, 5.74) is 0.975. The molecule has 0 atom stereocenters. The zero-order valence-corrected chi connectivity index (χ0v) is 6.80. The molecule has 1 rings (SSSR count). The molecule has 1 heterocycles. The Morgan fingerprint density at radius 3 is 2.89 bits per heavy atom. The van der Waals surface area contributed by atoms with Crippen LogP contribution in [-0.4, -0.2) is 4.98 Å². The Kier molecular flexibility index (Phi) is 2.38. The number of hydrogen-bond acceptors (Lipinski definition) is 1. The summed E-state index contributed by atoms with van der Waals surface area (Å²) < 4.78 is 13.1. The smallest absolute Gasteiger partial charge is 0.213 e. The van der Waals surface area contributed by atoms with Gasteiger partial charge in [0.15, 0.2) is 0 Å². The van der Waals surface area contributed by atoms with Gasteiger partial charge in [-0.05, 0) is 17.7 Å².